The maximum atomic E-state index is 10.0. The van der Waals surface area contributed by atoms with Crippen LogP contribution in [0, 0.1) is 0 Å². The minimum Gasteiger partial charge on any atom is -0.465 e. The molecule has 0 atom stereocenters. The molecular formula is C5H6N2O2S. The van der Waals surface area contributed by atoms with Crippen molar-refractivity contribution in [2.45, 2.75) is 0 Å². The molecule has 54 valence electrons. The zero-order valence-electron chi connectivity index (χ0n) is 5.00. The van der Waals surface area contributed by atoms with Gasteiger partial charge in [-0.05, 0) is 12.1 Å². The van der Waals surface area contributed by atoms with Crippen molar-refractivity contribution in [3.63, 3.8) is 0 Å². The molecule has 0 unspecified atom stereocenters. The highest BCUT2D eigenvalue weighted by Crippen LogP contribution is 2.22. The van der Waals surface area contributed by atoms with Gasteiger partial charge in [0.2, 0.25) is 0 Å². The lowest BCUT2D eigenvalue weighted by atomic mass is 10.6. The van der Waals surface area contributed by atoms with Gasteiger partial charge in [-0.3, -0.25) is 5.32 Å². The van der Waals surface area contributed by atoms with Gasteiger partial charge in [-0.25, -0.2) is 4.79 Å². The molecule has 1 heterocycles. The first-order chi connectivity index (χ1) is 4.68. The third-order valence-electron chi connectivity index (χ3n) is 0.857. The predicted octanol–water partition coefficient (Wildman–Crippen LogP) is 1.42. The van der Waals surface area contributed by atoms with Crippen molar-refractivity contribution in [2.75, 3.05) is 11.1 Å². The number of rotatable bonds is 1. The van der Waals surface area contributed by atoms with Crippen molar-refractivity contribution >= 4 is 27.4 Å². The molecule has 0 spiro atoms. The van der Waals surface area contributed by atoms with Gasteiger partial charge in [0.15, 0.2) is 0 Å². The zero-order valence-corrected chi connectivity index (χ0v) is 5.81. The van der Waals surface area contributed by atoms with Crippen molar-refractivity contribution in [2.24, 2.45) is 0 Å². The highest BCUT2D eigenvalue weighted by Gasteiger charge is 1.98. The van der Waals surface area contributed by atoms with Crippen LogP contribution in [-0.4, -0.2) is 11.2 Å². The van der Waals surface area contributed by atoms with E-state index in [0.717, 1.165) is 0 Å². The van der Waals surface area contributed by atoms with Crippen LogP contribution in [0.5, 0.6) is 0 Å². The Morgan fingerprint density at radius 3 is 2.80 bits per heavy atom. The molecule has 1 aromatic rings. The van der Waals surface area contributed by atoms with Crippen molar-refractivity contribution in [1.29, 1.82) is 0 Å². The van der Waals surface area contributed by atoms with Gasteiger partial charge in [0.1, 0.15) is 0 Å². The minimum atomic E-state index is -1.07. The summed E-state index contributed by atoms with van der Waals surface area (Å²) in [5.41, 5.74) is 5.34. The van der Waals surface area contributed by atoms with Gasteiger partial charge >= 0.3 is 6.09 Å². The van der Waals surface area contributed by atoms with Crippen LogP contribution >= 0.6 is 11.3 Å². The van der Waals surface area contributed by atoms with Crippen LogP contribution < -0.4 is 11.1 Å². The number of carboxylic acid groups (broad SMARTS) is 1. The minimum absolute atomic E-state index is 0.546. The summed E-state index contributed by atoms with van der Waals surface area (Å²) in [7, 11) is 0. The predicted molar refractivity (Wildman–Crippen MR) is 40.4 cm³/mol. The maximum absolute atomic E-state index is 10.0. The molecule has 0 aliphatic rings. The fraction of sp³-hybridized carbons (Fsp3) is 0. The lowest BCUT2D eigenvalue weighted by Crippen LogP contribution is -2.05. The molecule has 1 amide bonds. The third kappa shape index (κ3) is 1.63. The van der Waals surface area contributed by atoms with Crippen LogP contribution in [0.2, 0.25) is 0 Å². The van der Waals surface area contributed by atoms with Gasteiger partial charge in [-0.15, -0.1) is 11.3 Å². The number of nitrogens with two attached hydrogens (primary N) is 1. The first-order valence-electron chi connectivity index (χ1n) is 2.54. The number of hydrogen-bond donors (Lipinski definition) is 3. The third-order valence-corrected chi connectivity index (χ3v) is 1.69. The lowest BCUT2D eigenvalue weighted by Gasteiger charge is -1.91. The van der Waals surface area contributed by atoms with Crippen LogP contribution in [0.25, 0.3) is 0 Å². The summed E-state index contributed by atoms with van der Waals surface area (Å²) in [6.45, 7) is 0. The smallest absolute Gasteiger partial charge is 0.409 e. The Morgan fingerprint density at radius 2 is 2.40 bits per heavy atom. The molecule has 0 saturated heterocycles. The highest BCUT2D eigenvalue weighted by molar-refractivity contribution is 7.19. The molecular weight excluding hydrogens is 152 g/mol. The molecule has 0 fully saturated rings. The molecule has 5 heteroatoms. The fourth-order valence-corrected chi connectivity index (χ4v) is 1.19. The number of anilines is 2. The number of amides is 1. The first kappa shape index (κ1) is 6.88. The molecule has 0 bridgehead atoms. The van der Waals surface area contributed by atoms with E-state index in [1.807, 2.05) is 0 Å². The second kappa shape index (κ2) is 2.57. The van der Waals surface area contributed by atoms with Gasteiger partial charge in [-0.2, -0.15) is 0 Å². The molecule has 0 saturated carbocycles. The van der Waals surface area contributed by atoms with E-state index in [2.05, 4.69) is 5.32 Å². The van der Waals surface area contributed by atoms with Crippen LogP contribution in [-0.2, 0) is 0 Å². The molecule has 4 N–H and O–H groups in total. The highest BCUT2D eigenvalue weighted by atomic mass is 32.1. The Morgan fingerprint density at radius 1 is 1.70 bits per heavy atom. The molecule has 0 aliphatic heterocycles. The molecule has 10 heavy (non-hydrogen) atoms. The number of nitrogens with one attached hydrogen (secondary N) is 1. The summed E-state index contributed by atoms with van der Waals surface area (Å²) in [5, 5.41) is 11.6. The zero-order chi connectivity index (χ0) is 7.56. The quantitative estimate of drug-likeness (QED) is 0.578. The monoisotopic (exact) mass is 158 g/mol. The molecule has 0 radical (unpaired) electrons. The summed E-state index contributed by atoms with van der Waals surface area (Å²) in [4.78, 5) is 10.0. The largest absolute Gasteiger partial charge is 0.465 e. The topological polar surface area (TPSA) is 75.3 Å². The average molecular weight is 158 g/mol. The van der Waals surface area contributed by atoms with E-state index in [4.69, 9.17) is 10.8 Å². The Bertz CT molecular complexity index is 246. The summed E-state index contributed by atoms with van der Waals surface area (Å²) >= 11 is 1.20. The Balaban J connectivity index is 2.67. The van der Waals surface area contributed by atoms with Gasteiger partial charge in [0.05, 0.1) is 10.0 Å². The second-order valence-corrected chi connectivity index (χ2v) is 2.75. The van der Waals surface area contributed by atoms with E-state index < -0.39 is 6.09 Å². The van der Waals surface area contributed by atoms with E-state index in [1.54, 1.807) is 12.1 Å². The normalized spacial score (nSPS) is 9.20. The first-order valence-corrected chi connectivity index (χ1v) is 3.35. The van der Waals surface area contributed by atoms with Crippen molar-refractivity contribution in [3.05, 3.63) is 12.1 Å². The fourth-order valence-electron chi connectivity index (χ4n) is 0.525. The molecule has 0 aromatic carbocycles. The maximum Gasteiger partial charge on any atom is 0.409 e. The molecule has 4 nitrogen and oxygen atoms in total. The van der Waals surface area contributed by atoms with Gasteiger partial charge in [0.25, 0.3) is 0 Å². The Kier molecular flexibility index (Phi) is 1.77. The summed E-state index contributed by atoms with van der Waals surface area (Å²) in [5.74, 6) is 0. The van der Waals surface area contributed by atoms with Crippen molar-refractivity contribution in [1.82, 2.24) is 0 Å². The van der Waals surface area contributed by atoms with Gasteiger partial charge < -0.3 is 10.8 Å². The SMILES string of the molecule is Nc1ccc(NC(=O)O)s1. The van der Waals surface area contributed by atoms with E-state index in [9.17, 15) is 4.79 Å². The lowest BCUT2D eigenvalue weighted by molar-refractivity contribution is 0.210. The molecule has 1 rings (SSSR count). The van der Waals surface area contributed by atoms with Gasteiger partial charge in [0, 0.05) is 0 Å². The van der Waals surface area contributed by atoms with E-state index in [0.29, 0.717) is 10.0 Å². The van der Waals surface area contributed by atoms with Crippen LogP contribution in [0.3, 0.4) is 0 Å². The number of hydrogen-bond acceptors (Lipinski definition) is 3. The number of carbonyl (C=O) groups is 1. The van der Waals surface area contributed by atoms with Crippen molar-refractivity contribution < 1.29 is 9.90 Å². The molecule has 0 aliphatic carbocycles. The van der Waals surface area contributed by atoms with Crippen molar-refractivity contribution in [3.8, 4) is 0 Å². The Labute approximate surface area is 61.3 Å². The van der Waals surface area contributed by atoms with Crippen LogP contribution in [0.1, 0.15) is 0 Å². The summed E-state index contributed by atoms with van der Waals surface area (Å²) in [6.07, 6.45) is -1.07. The van der Waals surface area contributed by atoms with Crippen LogP contribution in [0.4, 0.5) is 14.8 Å². The standard InChI is InChI=1S/C5H6N2O2S/c6-3-1-2-4(10-3)7-5(8)9/h1-2,7H,6H2,(H,8,9). The number of nitrogen functional groups attached to an aromatic ring is 1. The van der Waals surface area contributed by atoms with Crippen LogP contribution in [0.15, 0.2) is 12.1 Å². The number of thiophene rings is 1. The Hall–Kier alpha value is -1.23. The van der Waals surface area contributed by atoms with E-state index >= 15 is 0 Å². The average Bonchev–Trinajstić information content (AvgIpc) is 2.13. The summed E-state index contributed by atoms with van der Waals surface area (Å²) in [6, 6.07) is 3.27. The van der Waals surface area contributed by atoms with Gasteiger partial charge in [-0.1, -0.05) is 0 Å². The second-order valence-electron chi connectivity index (χ2n) is 1.63. The van der Waals surface area contributed by atoms with E-state index in [1.165, 1.54) is 11.3 Å². The van der Waals surface area contributed by atoms with E-state index in [-0.39, 0.29) is 0 Å². The molecule has 1 aromatic heterocycles. The summed E-state index contributed by atoms with van der Waals surface area (Å²) < 4.78 is 0.